The van der Waals surface area contributed by atoms with Gasteiger partial charge < -0.3 is 15.4 Å². The van der Waals surface area contributed by atoms with Gasteiger partial charge in [0.05, 0.1) is 25.1 Å². The summed E-state index contributed by atoms with van der Waals surface area (Å²) < 4.78 is 6.31. The first-order chi connectivity index (χ1) is 12.6. The first-order valence-corrected chi connectivity index (χ1v) is 8.77. The van der Waals surface area contributed by atoms with Crippen molar-refractivity contribution in [2.75, 3.05) is 31.3 Å². The van der Waals surface area contributed by atoms with Gasteiger partial charge in [-0.3, -0.25) is 19.6 Å². The number of rotatable bonds is 5. The Balaban J connectivity index is 1.84. The minimum absolute atomic E-state index is 0.0934. The van der Waals surface area contributed by atoms with Crippen LogP contribution in [0.15, 0.2) is 44.9 Å². The van der Waals surface area contributed by atoms with Crippen molar-refractivity contribution in [2.24, 2.45) is 4.99 Å². The quantitative estimate of drug-likeness (QED) is 0.686. The summed E-state index contributed by atoms with van der Waals surface area (Å²) in [5.74, 6) is 0.475. The Morgan fingerprint density at radius 3 is 2.77 bits per heavy atom. The second-order valence-electron chi connectivity index (χ2n) is 5.31. The molecule has 2 heterocycles. The first-order valence-electron chi connectivity index (χ1n) is 7.78. The van der Waals surface area contributed by atoms with E-state index >= 15 is 0 Å². The van der Waals surface area contributed by atoms with Gasteiger partial charge in [0.15, 0.2) is 5.17 Å². The van der Waals surface area contributed by atoms with Gasteiger partial charge in [0.1, 0.15) is 11.6 Å². The number of aromatic amines is 1. The SMILES string of the molecule is COc1ccc(-n2c(NC(=O)CSC3=NCCN3)cc(=O)[nH]c2=O)cc1. The van der Waals surface area contributed by atoms with Gasteiger partial charge in [-0.05, 0) is 24.3 Å². The summed E-state index contributed by atoms with van der Waals surface area (Å²) >= 11 is 1.26. The minimum atomic E-state index is -0.646. The molecule has 0 atom stereocenters. The standard InChI is InChI=1S/C16H17N5O4S/c1-25-11-4-2-10(3-5-11)21-12(8-13(22)20-16(21)24)19-14(23)9-26-15-17-6-7-18-15/h2-5,8H,6-7,9H2,1H3,(H,17,18)(H,19,23)(H,20,22,24). The maximum atomic E-state index is 12.3. The monoisotopic (exact) mass is 375 g/mol. The Kier molecular flexibility index (Phi) is 5.42. The molecule has 0 spiro atoms. The van der Waals surface area contributed by atoms with Gasteiger partial charge in [-0.2, -0.15) is 0 Å². The largest absolute Gasteiger partial charge is 0.497 e. The van der Waals surface area contributed by atoms with Gasteiger partial charge in [0.25, 0.3) is 5.56 Å². The van der Waals surface area contributed by atoms with Crippen LogP contribution >= 0.6 is 11.8 Å². The number of aromatic nitrogens is 2. The van der Waals surface area contributed by atoms with Crippen molar-refractivity contribution in [1.82, 2.24) is 14.9 Å². The van der Waals surface area contributed by atoms with Crippen molar-refractivity contribution in [3.05, 3.63) is 51.2 Å². The van der Waals surface area contributed by atoms with E-state index in [1.54, 1.807) is 24.3 Å². The fourth-order valence-electron chi connectivity index (χ4n) is 2.36. The zero-order valence-corrected chi connectivity index (χ0v) is 14.8. The molecular formula is C16H17N5O4S. The molecule has 0 fully saturated rings. The molecule has 0 saturated carbocycles. The molecule has 0 radical (unpaired) electrons. The van der Waals surface area contributed by atoms with Crippen molar-refractivity contribution in [2.45, 2.75) is 0 Å². The van der Waals surface area contributed by atoms with Crippen LogP contribution in [0.5, 0.6) is 5.75 Å². The molecule has 1 aromatic carbocycles. The number of methoxy groups -OCH3 is 1. The van der Waals surface area contributed by atoms with E-state index in [0.717, 1.165) is 6.54 Å². The third kappa shape index (κ3) is 4.14. The Labute approximate surface area is 152 Å². The molecule has 2 aromatic rings. The van der Waals surface area contributed by atoms with Crippen molar-refractivity contribution in [1.29, 1.82) is 0 Å². The summed E-state index contributed by atoms with van der Waals surface area (Å²) in [4.78, 5) is 42.5. The maximum Gasteiger partial charge on any atom is 0.334 e. The van der Waals surface area contributed by atoms with Crippen LogP contribution in [0.2, 0.25) is 0 Å². The molecule has 3 rings (SSSR count). The number of thioether (sulfide) groups is 1. The molecule has 1 aliphatic heterocycles. The zero-order chi connectivity index (χ0) is 18.5. The Morgan fingerprint density at radius 2 is 2.12 bits per heavy atom. The van der Waals surface area contributed by atoms with Crippen LogP contribution in [0.3, 0.4) is 0 Å². The summed E-state index contributed by atoms with van der Waals surface area (Å²) in [7, 11) is 1.54. The lowest BCUT2D eigenvalue weighted by atomic mass is 10.3. The molecule has 1 aliphatic rings. The van der Waals surface area contributed by atoms with Crippen molar-refractivity contribution in [3.63, 3.8) is 0 Å². The van der Waals surface area contributed by atoms with Gasteiger partial charge in [-0.25, -0.2) is 9.36 Å². The molecular weight excluding hydrogens is 358 g/mol. The molecule has 0 unspecified atom stereocenters. The highest BCUT2D eigenvalue weighted by Crippen LogP contribution is 2.17. The molecule has 0 aliphatic carbocycles. The van der Waals surface area contributed by atoms with Crippen LogP contribution in [-0.2, 0) is 4.79 Å². The van der Waals surface area contributed by atoms with E-state index in [4.69, 9.17) is 4.74 Å². The average Bonchev–Trinajstić information content (AvgIpc) is 3.13. The molecule has 26 heavy (non-hydrogen) atoms. The fourth-order valence-corrected chi connectivity index (χ4v) is 3.09. The van der Waals surface area contributed by atoms with Crippen molar-refractivity contribution < 1.29 is 9.53 Å². The number of nitrogens with one attached hydrogen (secondary N) is 3. The lowest BCUT2D eigenvalue weighted by molar-refractivity contribution is -0.113. The third-order valence-corrected chi connectivity index (χ3v) is 4.48. The number of amides is 1. The topological polar surface area (TPSA) is 118 Å². The molecule has 0 bridgehead atoms. The number of hydrogen-bond donors (Lipinski definition) is 3. The summed E-state index contributed by atoms with van der Waals surface area (Å²) in [6.45, 7) is 1.45. The van der Waals surface area contributed by atoms with Gasteiger partial charge in [-0.1, -0.05) is 11.8 Å². The van der Waals surface area contributed by atoms with Crippen LogP contribution in [0.1, 0.15) is 0 Å². The average molecular weight is 375 g/mol. The summed E-state index contributed by atoms with van der Waals surface area (Å²) in [6, 6.07) is 7.83. The van der Waals surface area contributed by atoms with E-state index in [0.29, 0.717) is 23.1 Å². The summed E-state index contributed by atoms with van der Waals surface area (Å²) in [5, 5.41) is 6.37. The molecule has 9 nitrogen and oxygen atoms in total. The Hall–Kier alpha value is -3.01. The smallest absolute Gasteiger partial charge is 0.334 e. The molecule has 0 saturated heterocycles. The van der Waals surface area contributed by atoms with Crippen LogP contribution in [0.4, 0.5) is 5.82 Å². The number of nitrogens with zero attached hydrogens (tertiary/aromatic N) is 2. The highest BCUT2D eigenvalue weighted by molar-refractivity contribution is 8.14. The maximum absolute atomic E-state index is 12.3. The summed E-state index contributed by atoms with van der Waals surface area (Å²) in [6.07, 6.45) is 0. The second-order valence-corrected chi connectivity index (χ2v) is 6.27. The highest BCUT2D eigenvalue weighted by Gasteiger charge is 2.14. The molecule has 10 heteroatoms. The first kappa shape index (κ1) is 17.8. The second kappa shape index (κ2) is 7.91. The number of H-pyrrole nitrogens is 1. The van der Waals surface area contributed by atoms with E-state index in [1.807, 2.05) is 0 Å². The lowest BCUT2D eigenvalue weighted by Gasteiger charge is -2.13. The minimum Gasteiger partial charge on any atom is -0.497 e. The van der Waals surface area contributed by atoms with Gasteiger partial charge in [0.2, 0.25) is 5.91 Å². The van der Waals surface area contributed by atoms with E-state index in [9.17, 15) is 14.4 Å². The summed E-state index contributed by atoms with van der Waals surface area (Å²) in [5.41, 5.74) is -0.756. The van der Waals surface area contributed by atoms with Crippen LogP contribution in [0, 0.1) is 0 Å². The molecule has 136 valence electrons. The van der Waals surface area contributed by atoms with Crippen molar-refractivity contribution >= 4 is 28.7 Å². The molecule has 1 amide bonds. The fraction of sp³-hybridized carbons (Fsp3) is 0.250. The molecule has 3 N–H and O–H groups in total. The number of carbonyl (C=O) groups is 1. The lowest BCUT2D eigenvalue weighted by Crippen LogP contribution is -2.32. The number of aliphatic imine (C=N–C) groups is 1. The van der Waals surface area contributed by atoms with Gasteiger partial charge in [-0.15, -0.1) is 0 Å². The third-order valence-electron chi connectivity index (χ3n) is 3.52. The van der Waals surface area contributed by atoms with Gasteiger partial charge in [0, 0.05) is 12.6 Å². The molecule has 1 aromatic heterocycles. The van der Waals surface area contributed by atoms with E-state index in [1.165, 1.54) is 29.5 Å². The number of amidine groups is 1. The van der Waals surface area contributed by atoms with Crippen LogP contribution in [0.25, 0.3) is 5.69 Å². The number of hydrogen-bond acceptors (Lipinski definition) is 7. The van der Waals surface area contributed by atoms with Crippen LogP contribution in [-0.4, -0.2) is 46.6 Å². The number of anilines is 1. The predicted molar refractivity (Wildman–Crippen MR) is 101 cm³/mol. The Bertz CT molecular complexity index is 948. The van der Waals surface area contributed by atoms with Gasteiger partial charge >= 0.3 is 5.69 Å². The van der Waals surface area contributed by atoms with Crippen molar-refractivity contribution in [3.8, 4) is 11.4 Å². The number of ether oxygens (including phenoxy) is 1. The predicted octanol–water partition coefficient (Wildman–Crippen LogP) is 0.165. The number of benzene rings is 1. The number of carbonyl (C=O) groups excluding carboxylic acids is 1. The van der Waals surface area contributed by atoms with E-state index in [2.05, 4.69) is 20.6 Å². The van der Waals surface area contributed by atoms with Crippen LogP contribution < -0.4 is 26.6 Å². The Morgan fingerprint density at radius 1 is 1.35 bits per heavy atom. The zero-order valence-electron chi connectivity index (χ0n) is 13.9. The highest BCUT2D eigenvalue weighted by atomic mass is 32.2. The van der Waals surface area contributed by atoms with E-state index in [-0.39, 0.29) is 17.5 Å². The van der Waals surface area contributed by atoms with E-state index < -0.39 is 11.2 Å². The normalized spacial score (nSPS) is 13.0.